The van der Waals surface area contributed by atoms with Crippen molar-refractivity contribution in [3.05, 3.63) is 224 Å². The number of benzene rings is 8. The highest BCUT2D eigenvalue weighted by molar-refractivity contribution is 6.11. The zero-order valence-electron chi connectivity index (χ0n) is 35.9. The molecule has 9 heteroatoms. The highest BCUT2D eigenvalue weighted by atomic mass is 15.2. The molecule has 0 saturated carbocycles. The second-order valence-corrected chi connectivity index (χ2v) is 16.0. The Balaban J connectivity index is 1.11. The van der Waals surface area contributed by atoms with Crippen molar-refractivity contribution < 1.29 is 0 Å². The van der Waals surface area contributed by atoms with E-state index < -0.39 is 0 Å². The Labute approximate surface area is 385 Å². The minimum absolute atomic E-state index is 0.538. The molecular weight excluding hydrogens is 823 g/mol. The van der Waals surface area contributed by atoms with E-state index in [2.05, 4.69) is 71.3 Å². The summed E-state index contributed by atoms with van der Waals surface area (Å²) in [5.74, 6) is 4.01. The Morgan fingerprint density at radius 2 is 0.493 bits per heavy atom. The molecule has 9 nitrogen and oxygen atoms in total. The van der Waals surface area contributed by atoms with Gasteiger partial charge in [0, 0.05) is 55.3 Å². The Morgan fingerprint density at radius 1 is 0.224 bits per heavy atom. The highest BCUT2D eigenvalue weighted by Gasteiger charge is 2.21. The number of hydrogen-bond donors (Lipinski definition) is 0. The summed E-state index contributed by atoms with van der Waals surface area (Å²) in [5, 5.41) is 1.90. The van der Waals surface area contributed by atoms with Gasteiger partial charge in [-0.05, 0) is 42.5 Å². The molecule has 0 saturated heterocycles. The van der Waals surface area contributed by atoms with Gasteiger partial charge in [0.15, 0.2) is 34.9 Å². The van der Waals surface area contributed by atoms with Crippen LogP contribution >= 0.6 is 0 Å². The van der Waals surface area contributed by atoms with Gasteiger partial charge in [-0.2, -0.15) is 0 Å². The quantitative estimate of drug-likeness (QED) is 0.141. The van der Waals surface area contributed by atoms with Crippen molar-refractivity contribution in [3.63, 3.8) is 0 Å². The second-order valence-electron chi connectivity index (χ2n) is 16.0. The van der Waals surface area contributed by atoms with Crippen molar-refractivity contribution in [2.75, 3.05) is 0 Å². The minimum Gasteiger partial charge on any atom is -0.278 e. The molecule has 314 valence electrons. The molecule has 0 spiro atoms. The Morgan fingerprint density at radius 3 is 0.791 bits per heavy atom. The lowest BCUT2D eigenvalue weighted by molar-refractivity contribution is 0.995. The molecule has 12 rings (SSSR count). The lowest BCUT2D eigenvalue weighted by Crippen LogP contribution is -2.04. The topological polar surface area (TPSA) is 108 Å². The summed E-state index contributed by atoms with van der Waals surface area (Å²) in [5.41, 5.74) is 10.7. The van der Waals surface area contributed by atoms with E-state index in [0.29, 0.717) is 40.9 Å². The van der Waals surface area contributed by atoms with Crippen molar-refractivity contribution in [2.24, 2.45) is 0 Å². The van der Waals surface area contributed by atoms with Gasteiger partial charge < -0.3 is 0 Å². The third-order valence-electron chi connectivity index (χ3n) is 11.7. The summed E-state index contributed by atoms with van der Waals surface area (Å²) in [6.45, 7) is 0. The summed E-state index contributed by atoms with van der Waals surface area (Å²) in [6, 6.07) is 75.3. The maximum atomic E-state index is 5.30. The molecule has 4 aromatic heterocycles. The van der Waals surface area contributed by atoms with Crippen LogP contribution in [0.3, 0.4) is 0 Å². The van der Waals surface area contributed by atoms with E-state index in [-0.39, 0.29) is 0 Å². The molecule has 4 heterocycles. The summed E-state index contributed by atoms with van der Waals surface area (Å²) in [7, 11) is 0. The number of rotatable bonds is 9. The van der Waals surface area contributed by atoms with Crippen molar-refractivity contribution >= 4 is 21.8 Å². The van der Waals surface area contributed by atoms with Gasteiger partial charge in [0.1, 0.15) is 0 Å². The first kappa shape index (κ1) is 39.3. The van der Waals surface area contributed by atoms with Crippen molar-refractivity contribution in [2.45, 2.75) is 0 Å². The van der Waals surface area contributed by atoms with Crippen LogP contribution in [0.4, 0.5) is 0 Å². The summed E-state index contributed by atoms with van der Waals surface area (Å²) < 4.78 is 2.15. The lowest BCUT2D eigenvalue weighted by atomic mass is 10.1. The maximum absolute atomic E-state index is 5.30. The van der Waals surface area contributed by atoms with Gasteiger partial charge in [-0.25, -0.2) is 39.9 Å². The molecule has 0 fully saturated rings. The molecule has 0 aliphatic rings. The normalized spacial score (nSPS) is 11.3. The molecule has 8 aromatic carbocycles. The largest absolute Gasteiger partial charge is 0.278 e. The molecule has 0 amide bonds. The number of aromatic nitrogens is 9. The standard InChI is InChI=1S/C58H37N9/c1-7-19-38(20-8-1)48-37-49(39-21-9-2-10-22-39)60-58(59-48)67-50-33-31-44(56-63-52(40-23-11-3-12-24-40)61-53(64-56)41-25-13-4-14-26-41)35-46(50)47-36-45(32-34-51(47)67)57-65-54(42-27-15-5-16-28-42)62-55(66-57)43-29-17-6-18-30-43/h1-37H. The van der Waals surface area contributed by atoms with Gasteiger partial charge in [0.2, 0.25) is 5.95 Å². The summed E-state index contributed by atoms with van der Waals surface area (Å²) in [6.07, 6.45) is 0. The summed E-state index contributed by atoms with van der Waals surface area (Å²) >= 11 is 0. The van der Waals surface area contributed by atoms with Gasteiger partial charge in [-0.1, -0.05) is 182 Å². The molecule has 0 N–H and O–H groups in total. The molecule has 0 unspecified atom stereocenters. The van der Waals surface area contributed by atoms with Crippen LogP contribution in [0.15, 0.2) is 224 Å². The van der Waals surface area contributed by atoms with E-state index in [9.17, 15) is 0 Å². The molecule has 67 heavy (non-hydrogen) atoms. The van der Waals surface area contributed by atoms with Crippen LogP contribution in [0.1, 0.15) is 0 Å². The van der Waals surface area contributed by atoms with Gasteiger partial charge in [-0.15, -0.1) is 0 Å². The predicted molar refractivity (Wildman–Crippen MR) is 267 cm³/mol. The molecule has 0 aliphatic heterocycles. The average Bonchev–Trinajstić information content (AvgIpc) is 3.75. The molecule has 0 aliphatic carbocycles. The Bertz CT molecular complexity index is 3360. The first-order chi connectivity index (χ1) is 33.2. The predicted octanol–water partition coefficient (Wildman–Crippen LogP) is 13.3. The molecule has 0 radical (unpaired) electrons. The third kappa shape index (κ3) is 7.66. The van der Waals surface area contributed by atoms with Crippen molar-refractivity contribution in [3.8, 4) is 96.8 Å². The smallest absolute Gasteiger partial charge is 0.235 e. The first-order valence-electron chi connectivity index (χ1n) is 22.0. The van der Waals surface area contributed by atoms with E-state index in [1.807, 2.05) is 158 Å². The van der Waals surface area contributed by atoms with E-state index in [1.54, 1.807) is 0 Å². The van der Waals surface area contributed by atoms with Crippen molar-refractivity contribution in [1.82, 2.24) is 44.4 Å². The van der Waals surface area contributed by atoms with Crippen molar-refractivity contribution in [1.29, 1.82) is 0 Å². The maximum Gasteiger partial charge on any atom is 0.235 e. The molecule has 0 bridgehead atoms. The zero-order chi connectivity index (χ0) is 44.5. The van der Waals surface area contributed by atoms with Crippen LogP contribution in [0.2, 0.25) is 0 Å². The second kappa shape index (κ2) is 17.0. The van der Waals surface area contributed by atoms with Crippen LogP contribution < -0.4 is 0 Å². The molecule has 0 atom stereocenters. The highest BCUT2D eigenvalue weighted by Crippen LogP contribution is 2.38. The number of fused-ring (bicyclic) bond motifs is 3. The average molecular weight is 860 g/mol. The van der Waals surface area contributed by atoms with E-state index in [0.717, 1.165) is 77.7 Å². The fraction of sp³-hybridized carbons (Fsp3) is 0. The SMILES string of the molecule is c1ccc(-c2cc(-c3ccccc3)nc(-n3c4ccc(-c5nc(-c6ccccc6)nc(-c6ccccc6)n5)cc4c4cc(-c5nc(-c6ccccc6)nc(-c6ccccc6)n5)ccc43)n2)cc1. The third-order valence-corrected chi connectivity index (χ3v) is 11.7. The van der Waals surface area contributed by atoms with Crippen LogP contribution in [0, 0.1) is 0 Å². The first-order valence-corrected chi connectivity index (χ1v) is 22.0. The van der Waals surface area contributed by atoms with Gasteiger partial charge in [0.25, 0.3) is 0 Å². The monoisotopic (exact) mass is 859 g/mol. The number of hydrogen-bond acceptors (Lipinski definition) is 8. The van der Waals surface area contributed by atoms with Gasteiger partial charge >= 0.3 is 0 Å². The van der Waals surface area contributed by atoms with Crippen LogP contribution in [0.25, 0.3) is 119 Å². The zero-order valence-corrected chi connectivity index (χ0v) is 35.9. The number of nitrogens with zero attached hydrogens (tertiary/aromatic N) is 9. The fourth-order valence-electron chi connectivity index (χ4n) is 8.44. The van der Waals surface area contributed by atoms with Gasteiger partial charge in [0.05, 0.1) is 22.4 Å². The van der Waals surface area contributed by atoms with Crippen LogP contribution in [-0.4, -0.2) is 44.4 Å². The van der Waals surface area contributed by atoms with Crippen LogP contribution in [-0.2, 0) is 0 Å². The minimum atomic E-state index is 0.538. The van der Waals surface area contributed by atoms with Crippen LogP contribution in [0.5, 0.6) is 0 Å². The molecule has 12 aromatic rings. The van der Waals surface area contributed by atoms with Gasteiger partial charge in [-0.3, -0.25) is 4.57 Å². The fourth-order valence-corrected chi connectivity index (χ4v) is 8.44. The summed E-state index contributed by atoms with van der Waals surface area (Å²) in [4.78, 5) is 40.9. The lowest BCUT2D eigenvalue weighted by Gasteiger charge is -2.12. The van der Waals surface area contributed by atoms with E-state index in [1.165, 1.54) is 0 Å². The Hall–Kier alpha value is -9.34. The molecular formula is C58H37N9. The Kier molecular flexibility index (Phi) is 9.95. The van der Waals surface area contributed by atoms with E-state index in [4.69, 9.17) is 39.9 Å². The van der Waals surface area contributed by atoms with E-state index >= 15 is 0 Å².